The highest BCUT2D eigenvalue weighted by molar-refractivity contribution is 6.30. The number of ether oxygens (including phenoxy) is 1. The van der Waals surface area contributed by atoms with Crippen molar-refractivity contribution >= 4 is 23.1 Å². The lowest BCUT2D eigenvalue weighted by atomic mass is 10.1. The Morgan fingerprint density at radius 1 is 1.25 bits per heavy atom. The zero-order valence-corrected chi connectivity index (χ0v) is 12.0. The fourth-order valence-corrected chi connectivity index (χ4v) is 2.42. The van der Waals surface area contributed by atoms with Crippen molar-refractivity contribution in [3.8, 4) is 17.0 Å². The van der Waals surface area contributed by atoms with Gasteiger partial charge in [-0.25, -0.2) is 4.98 Å². The van der Waals surface area contributed by atoms with Gasteiger partial charge in [-0.2, -0.15) is 0 Å². The molecule has 0 saturated heterocycles. The molecule has 3 aromatic rings. The molecular formula is C15H14ClN3O. The zero-order valence-electron chi connectivity index (χ0n) is 11.2. The van der Waals surface area contributed by atoms with E-state index < -0.39 is 0 Å². The molecule has 0 bridgehead atoms. The molecule has 20 heavy (non-hydrogen) atoms. The van der Waals surface area contributed by atoms with Gasteiger partial charge in [0.1, 0.15) is 22.9 Å². The standard InChI is InChI=1S/C15H14ClN3O/c1-9-7-11(20-2)3-4-12(9)14-15(17)19-6-5-10(16)8-13(19)18-14/h3-8H,17H2,1-2H3. The van der Waals surface area contributed by atoms with Gasteiger partial charge >= 0.3 is 0 Å². The van der Waals surface area contributed by atoms with Crippen LogP contribution >= 0.6 is 11.6 Å². The number of nitrogen functional groups attached to an aromatic ring is 1. The van der Waals surface area contributed by atoms with Crippen molar-refractivity contribution in [3.05, 3.63) is 47.1 Å². The summed E-state index contributed by atoms with van der Waals surface area (Å²) in [6.45, 7) is 2.01. The van der Waals surface area contributed by atoms with Crippen molar-refractivity contribution in [1.82, 2.24) is 9.38 Å². The van der Waals surface area contributed by atoms with E-state index in [-0.39, 0.29) is 0 Å². The minimum absolute atomic E-state index is 0.602. The number of hydrogen-bond donors (Lipinski definition) is 1. The molecule has 4 nitrogen and oxygen atoms in total. The van der Waals surface area contributed by atoms with Crippen LogP contribution in [0.15, 0.2) is 36.5 Å². The predicted molar refractivity (Wildman–Crippen MR) is 81.3 cm³/mol. The van der Waals surface area contributed by atoms with E-state index in [1.54, 1.807) is 19.2 Å². The Labute approximate surface area is 121 Å². The monoisotopic (exact) mass is 287 g/mol. The number of rotatable bonds is 2. The van der Waals surface area contributed by atoms with Gasteiger partial charge in [0.2, 0.25) is 0 Å². The first-order valence-corrected chi connectivity index (χ1v) is 6.56. The van der Waals surface area contributed by atoms with E-state index in [2.05, 4.69) is 4.98 Å². The normalized spacial score (nSPS) is 10.9. The highest BCUT2D eigenvalue weighted by Gasteiger charge is 2.13. The summed E-state index contributed by atoms with van der Waals surface area (Å²) in [5.41, 5.74) is 9.73. The summed E-state index contributed by atoms with van der Waals surface area (Å²) in [6.07, 6.45) is 1.82. The average Bonchev–Trinajstić information content (AvgIpc) is 2.75. The minimum atomic E-state index is 0.602. The van der Waals surface area contributed by atoms with E-state index in [0.29, 0.717) is 10.8 Å². The van der Waals surface area contributed by atoms with E-state index in [1.165, 1.54) is 0 Å². The second-order valence-corrected chi connectivity index (χ2v) is 5.04. The summed E-state index contributed by atoms with van der Waals surface area (Å²) in [5.74, 6) is 1.42. The minimum Gasteiger partial charge on any atom is -0.497 e. The van der Waals surface area contributed by atoms with Crippen LogP contribution in [-0.2, 0) is 0 Å². The Kier molecular flexibility index (Phi) is 3.03. The Morgan fingerprint density at radius 2 is 2.05 bits per heavy atom. The quantitative estimate of drug-likeness (QED) is 0.784. The SMILES string of the molecule is COc1ccc(-c2nc3cc(Cl)ccn3c2N)c(C)c1. The number of imidazole rings is 1. The third kappa shape index (κ3) is 1.98. The number of methoxy groups -OCH3 is 1. The molecule has 5 heteroatoms. The number of aromatic nitrogens is 2. The van der Waals surface area contributed by atoms with Crippen molar-refractivity contribution in [1.29, 1.82) is 0 Å². The summed E-state index contributed by atoms with van der Waals surface area (Å²) < 4.78 is 7.04. The summed E-state index contributed by atoms with van der Waals surface area (Å²) in [5, 5.41) is 0.639. The van der Waals surface area contributed by atoms with Crippen molar-refractivity contribution in [2.24, 2.45) is 0 Å². The molecule has 0 radical (unpaired) electrons. The molecule has 2 heterocycles. The van der Waals surface area contributed by atoms with E-state index in [0.717, 1.165) is 28.2 Å². The number of pyridine rings is 1. The van der Waals surface area contributed by atoms with Crippen LogP contribution in [0.5, 0.6) is 5.75 Å². The van der Waals surface area contributed by atoms with Crippen molar-refractivity contribution in [2.45, 2.75) is 6.92 Å². The molecule has 0 spiro atoms. The number of nitrogens with two attached hydrogens (primary N) is 1. The van der Waals surface area contributed by atoms with Crippen LogP contribution in [0.2, 0.25) is 5.02 Å². The second kappa shape index (κ2) is 4.72. The smallest absolute Gasteiger partial charge is 0.140 e. The van der Waals surface area contributed by atoms with Crippen LogP contribution < -0.4 is 10.5 Å². The second-order valence-electron chi connectivity index (χ2n) is 4.60. The third-order valence-electron chi connectivity index (χ3n) is 3.31. The van der Waals surface area contributed by atoms with Crippen LogP contribution in [0, 0.1) is 6.92 Å². The fourth-order valence-electron chi connectivity index (χ4n) is 2.27. The molecule has 0 aliphatic rings. The number of halogens is 1. The maximum atomic E-state index is 6.19. The van der Waals surface area contributed by atoms with E-state index in [1.807, 2.05) is 35.7 Å². The molecule has 0 aliphatic carbocycles. The molecule has 3 rings (SSSR count). The van der Waals surface area contributed by atoms with Crippen LogP contribution in [0.25, 0.3) is 16.9 Å². The lowest BCUT2D eigenvalue weighted by Gasteiger charge is -2.06. The van der Waals surface area contributed by atoms with Gasteiger partial charge < -0.3 is 10.5 Å². The number of fused-ring (bicyclic) bond motifs is 1. The highest BCUT2D eigenvalue weighted by Crippen LogP contribution is 2.31. The predicted octanol–water partition coefficient (Wildman–Crippen LogP) is 3.55. The first-order chi connectivity index (χ1) is 9.60. The molecule has 1 aromatic carbocycles. The number of aryl methyl sites for hydroxylation is 1. The molecule has 0 saturated carbocycles. The summed E-state index contributed by atoms with van der Waals surface area (Å²) >= 11 is 5.99. The van der Waals surface area contributed by atoms with Gasteiger partial charge in [-0.15, -0.1) is 0 Å². The maximum Gasteiger partial charge on any atom is 0.140 e. The van der Waals surface area contributed by atoms with Gasteiger partial charge in [-0.1, -0.05) is 11.6 Å². The van der Waals surface area contributed by atoms with E-state index >= 15 is 0 Å². The van der Waals surface area contributed by atoms with E-state index in [9.17, 15) is 0 Å². The van der Waals surface area contributed by atoms with Gasteiger partial charge in [0.15, 0.2) is 0 Å². The number of anilines is 1. The van der Waals surface area contributed by atoms with Crippen molar-refractivity contribution in [2.75, 3.05) is 12.8 Å². The Balaban J connectivity index is 2.21. The topological polar surface area (TPSA) is 52.5 Å². The Hall–Kier alpha value is -2.20. The average molecular weight is 288 g/mol. The molecular weight excluding hydrogens is 274 g/mol. The molecule has 0 amide bonds. The lowest BCUT2D eigenvalue weighted by Crippen LogP contribution is -1.95. The molecule has 0 atom stereocenters. The molecule has 0 aliphatic heterocycles. The number of hydrogen-bond acceptors (Lipinski definition) is 3. The van der Waals surface area contributed by atoms with Crippen LogP contribution in [0.1, 0.15) is 5.56 Å². The summed E-state index contributed by atoms with van der Waals surface area (Å²) in [6, 6.07) is 9.41. The fraction of sp³-hybridized carbons (Fsp3) is 0.133. The van der Waals surface area contributed by atoms with Gasteiger partial charge in [0.05, 0.1) is 7.11 Å². The molecule has 0 fully saturated rings. The highest BCUT2D eigenvalue weighted by atomic mass is 35.5. The molecule has 102 valence electrons. The Bertz CT molecular complexity index is 795. The van der Waals surface area contributed by atoms with Crippen LogP contribution in [-0.4, -0.2) is 16.5 Å². The van der Waals surface area contributed by atoms with Crippen molar-refractivity contribution in [3.63, 3.8) is 0 Å². The Morgan fingerprint density at radius 3 is 2.75 bits per heavy atom. The van der Waals surface area contributed by atoms with Crippen LogP contribution in [0.4, 0.5) is 5.82 Å². The molecule has 2 aromatic heterocycles. The largest absolute Gasteiger partial charge is 0.497 e. The molecule has 0 unspecified atom stereocenters. The summed E-state index contributed by atoms with van der Waals surface area (Å²) in [7, 11) is 1.65. The first-order valence-electron chi connectivity index (χ1n) is 6.18. The van der Waals surface area contributed by atoms with Gasteiger partial charge in [-0.3, -0.25) is 4.40 Å². The first kappa shape index (κ1) is 12.8. The zero-order chi connectivity index (χ0) is 14.3. The van der Waals surface area contributed by atoms with E-state index in [4.69, 9.17) is 22.1 Å². The third-order valence-corrected chi connectivity index (χ3v) is 3.55. The number of benzene rings is 1. The van der Waals surface area contributed by atoms with Crippen LogP contribution in [0.3, 0.4) is 0 Å². The lowest BCUT2D eigenvalue weighted by molar-refractivity contribution is 0.414. The summed E-state index contributed by atoms with van der Waals surface area (Å²) in [4.78, 5) is 4.57. The maximum absolute atomic E-state index is 6.19. The molecule has 2 N–H and O–H groups in total. The van der Waals surface area contributed by atoms with Gasteiger partial charge in [0, 0.05) is 22.8 Å². The van der Waals surface area contributed by atoms with Gasteiger partial charge in [0.25, 0.3) is 0 Å². The van der Waals surface area contributed by atoms with Crippen molar-refractivity contribution < 1.29 is 4.74 Å². The van der Waals surface area contributed by atoms with Gasteiger partial charge in [-0.05, 0) is 36.8 Å². The number of nitrogens with zero attached hydrogens (tertiary/aromatic N) is 2.